The lowest BCUT2D eigenvalue weighted by Gasteiger charge is -2.08. The molecule has 0 atom stereocenters. The number of halogens is 1. The predicted octanol–water partition coefficient (Wildman–Crippen LogP) is 3.32. The molecule has 1 aliphatic carbocycles. The van der Waals surface area contributed by atoms with E-state index in [-0.39, 0.29) is 12.4 Å². The Balaban J connectivity index is 0.00000176. The standard InChI is InChI=1S/C16H25N5.ClH/c1-2-8-20-9-7-15(19-20)12-17-10-14-11-18-21(13-14)16-5-3-4-6-16;/h7,9,11,13,16-17H,2-6,8,10,12H2,1H3;1H. The Labute approximate surface area is 138 Å². The van der Waals surface area contributed by atoms with Crippen molar-refractivity contribution in [2.75, 3.05) is 0 Å². The third-order valence-corrected chi connectivity index (χ3v) is 4.14. The van der Waals surface area contributed by atoms with E-state index < -0.39 is 0 Å². The Morgan fingerprint density at radius 2 is 2.09 bits per heavy atom. The lowest BCUT2D eigenvalue weighted by molar-refractivity contribution is 0.466. The highest BCUT2D eigenvalue weighted by atomic mass is 35.5. The molecule has 0 unspecified atom stereocenters. The van der Waals surface area contributed by atoms with E-state index in [1.165, 1.54) is 31.2 Å². The summed E-state index contributed by atoms with van der Waals surface area (Å²) in [6, 6.07) is 2.72. The van der Waals surface area contributed by atoms with Gasteiger partial charge in [0.1, 0.15) is 0 Å². The van der Waals surface area contributed by atoms with Crippen molar-refractivity contribution in [1.82, 2.24) is 24.9 Å². The monoisotopic (exact) mass is 323 g/mol. The Kier molecular flexibility index (Phi) is 6.46. The molecule has 6 heteroatoms. The van der Waals surface area contributed by atoms with E-state index in [9.17, 15) is 0 Å². The molecule has 1 fully saturated rings. The maximum Gasteiger partial charge on any atom is 0.0762 e. The molecule has 0 aromatic carbocycles. The second-order valence-corrected chi connectivity index (χ2v) is 5.94. The van der Waals surface area contributed by atoms with Crippen molar-refractivity contribution in [1.29, 1.82) is 0 Å². The zero-order chi connectivity index (χ0) is 14.5. The van der Waals surface area contributed by atoms with Crippen molar-refractivity contribution in [2.24, 2.45) is 0 Å². The Morgan fingerprint density at radius 1 is 1.27 bits per heavy atom. The largest absolute Gasteiger partial charge is 0.307 e. The minimum absolute atomic E-state index is 0. The Hall–Kier alpha value is -1.33. The van der Waals surface area contributed by atoms with Crippen LogP contribution in [0.4, 0.5) is 0 Å². The second kappa shape index (κ2) is 8.34. The van der Waals surface area contributed by atoms with Crippen LogP contribution in [0.25, 0.3) is 0 Å². The van der Waals surface area contributed by atoms with Gasteiger partial charge in [0.05, 0.1) is 17.9 Å². The van der Waals surface area contributed by atoms with Crippen LogP contribution in [-0.4, -0.2) is 19.6 Å². The predicted molar refractivity (Wildman–Crippen MR) is 90.0 cm³/mol. The number of hydrogen-bond donors (Lipinski definition) is 1. The van der Waals surface area contributed by atoms with Gasteiger partial charge in [0.25, 0.3) is 0 Å². The van der Waals surface area contributed by atoms with Crippen LogP contribution in [0.15, 0.2) is 24.7 Å². The minimum atomic E-state index is 0. The van der Waals surface area contributed by atoms with E-state index in [0.29, 0.717) is 6.04 Å². The molecule has 1 saturated carbocycles. The van der Waals surface area contributed by atoms with Gasteiger partial charge < -0.3 is 5.32 Å². The Bertz CT molecular complexity index is 556. The quantitative estimate of drug-likeness (QED) is 0.850. The zero-order valence-electron chi connectivity index (χ0n) is 13.2. The first-order valence-corrected chi connectivity index (χ1v) is 8.11. The van der Waals surface area contributed by atoms with E-state index in [4.69, 9.17) is 0 Å². The number of hydrogen-bond acceptors (Lipinski definition) is 3. The van der Waals surface area contributed by atoms with E-state index >= 15 is 0 Å². The van der Waals surface area contributed by atoms with Gasteiger partial charge in [0, 0.05) is 37.6 Å². The first-order chi connectivity index (χ1) is 10.3. The van der Waals surface area contributed by atoms with Crippen molar-refractivity contribution in [3.05, 3.63) is 35.9 Å². The summed E-state index contributed by atoms with van der Waals surface area (Å²) < 4.78 is 4.16. The number of nitrogens with zero attached hydrogens (tertiary/aromatic N) is 4. The van der Waals surface area contributed by atoms with Gasteiger partial charge in [-0.25, -0.2) is 0 Å². The third-order valence-electron chi connectivity index (χ3n) is 4.14. The molecular formula is C16H26ClN5. The van der Waals surface area contributed by atoms with E-state index in [1.54, 1.807) is 0 Å². The van der Waals surface area contributed by atoms with Crippen LogP contribution < -0.4 is 5.32 Å². The smallest absolute Gasteiger partial charge is 0.0762 e. The first kappa shape index (κ1) is 17.0. The summed E-state index contributed by atoms with van der Waals surface area (Å²) in [6.07, 6.45) is 12.6. The fraction of sp³-hybridized carbons (Fsp3) is 0.625. The maximum absolute atomic E-state index is 4.53. The van der Waals surface area contributed by atoms with Crippen LogP contribution in [0.3, 0.4) is 0 Å². The SMILES string of the molecule is CCCn1ccc(CNCc2cnn(C3CCCC3)c2)n1.Cl. The van der Waals surface area contributed by atoms with Gasteiger partial charge in [-0.1, -0.05) is 19.8 Å². The van der Waals surface area contributed by atoms with Crippen LogP contribution in [0.2, 0.25) is 0 Å². The topological polar surface area (TPSA) is 47.7 Å². The van der Waals surface area contributed by atoms with Crippen LogP contribution in [0.1, 0.15) is 56.3 Å². The fourth-order valence-electron chi connectivity index (χ4n) is 3.02. The molecule has 2 aromatic rings. The maximum atomic E-state index is 4.53. The average molecular weight is 324 g/mol. The van der Waals surface area contributed by atoms with E-state index in [0.717, 1.165) is 31.7 Å². The molecule has 0 aliphatic heterocycles. The van der Waals surface area contributed by atoms with Gasteiger partial charge in [-0.2, -0.15) is 10.2 Å². The van der Waals surface area contributed by atoms with Gasteiger partial charge in [-0.15, -0.1) is 12.4 Å². The summed E-state index contributed by atoms with van der Waals surface area (Å²) in [5, 5.41) is 12.5. The highest BCUT2D eigenvalue weighted by molar-refractivity contribution is 5.85. The molecule has 2 heterocycles. The van der Waals surface area contributed by atoms with Crippen LogP contribution in [0.5, 0.6) is 0 Å². The van der Waals surface area contributed by atoms with Crippen molar-refractivity contribution >= 4 is 12.4 Å². The highest BCUT2D eigenvalue weighted by Crippen LogP contribution is 2.28. The summed E-state index contributed by atoms with van der Waals surface area (Å²) >= 11 is 0. The summed E-state index contributed by atoms with van der Waals surface area (Å²) in [7, 11) is 0. The molecule has 122 valence electrons. The van der Waals surface area contributed by atoms with Crippen molar-refractivity contribution < 1.29 is 0 Å². The van der Waals surface area contributed by atoms with Crippen molar-refractivity contribution in [2.45, 2.75) is 64.7 Å². The molecule has 0 amide bonds. The number of aromatic nitrogens is 4. The lowest BCUT2D eigenvalue weighted by Crippen LogP contribution is -2.13. The number of rotatable bonds is 7. The normalized spacial score (nSPS) is 15.1. The molecule has 1 aliphatic rings. The third kappa shape index (κ3) is 4.34. The molecule has 5 nitrogen and oxygen atoms in total. The van der Waals surface area contributed by atoms with Gasteiger partial charge in [-0.05, 0) is 25.3 Å². The molecule has 0 bridgehead atoms. The van der Waals surface area contributed by atoms with Crippen LogP contribution in [0, 0.1) is 0 Å². The number of nitrogens with one attached hydrogen (secondary N) is 1. The van der Waals surface area contributed by atoms with Gasteiger partial charge >= 0.3 is 0 Å². The highest BCUT2D eigenvalue weighted by Gasteiger charge is 2.17. The zero-order valence-corrected chi connectivity index (χ0v) is 14.1. The molecule has 22 heavy (non-hydrogen) atoms. The molecule has 1 N–H and O–H groups in total. The minimum Gasteiger partial charge on any atom is -0.307 e. The molecule has 0 spiro atoms. The summed E-state index contributed by atoms with van der Waals surface area (Å²) in [4.78, 5) is 0. The van der Waals surface area contributed by atoms with Crippen molar-refractivity contribution in [3.8, 4) is 0 Å². The molecule has 3 rings (SSSR count). The lowest BCUT2D eigenvalue weighted by atomic mass is 10.2. The Morgan fingerprint density at radius 3 is 2.86 bits per heavy atom. The molecular weight excluding hydrogens is 298 g/mol. The van der Waals surface area contributed by atoms with Gasteiger partial charge in [0.2, 0.25) is 0 Å². The molecule has 0 radical (unpaired) electrons. The van der Waals surface area contributed by atoms with Gasteiger partial charge in [-0.3, -0.25) is 9.36 Å². The average Bonchev–Trinajstić information content (AvgIpc) is 3.20. The summed E-state index contributed by atoms with van der Waals surface area (Å²) in [5.74, 6) is 0. The van der Waals surface area contributed by atoms with Gasteiger partial charge in [0.15, 0.2) is 0 Å². The van der Waals surface area contributed by atoms with Crippen molar-refractivity contribution in [3.63, 3.8) is 0 Å². The van der Waals surface area contributed by atoms with Crippen LogP contribution >= 0.6 is 12.4 Å². The summed E-state index contributed by atoms with van der Waals surface area (Å²) in [5.41, 5.74) is 2.36. The first-order valence-electron chi connectivity index (χ1n) is 8.11. The second-order valence-electron chi connectivity index (χ2n) is 5.94. The van der Waals surface area contributed by atoms with E-state index in [1.807, 2.05) is 10.9 Å². The molecule has 2 aromatic heterocycles. The molecule has 0 saturated heterocycles. The summed E-state index contributed by atoms with van der Waals surface area (Å²) in [6.45, 7) is 4.83. The fourth-order valence-corrected chi connectivity index (χ4v) is 3.02. The van der Waals surface area contributed by atoms with Crippen LogP contribution in [-0.2, 0) is 19.6 Å². The van der Waals surface area contributed by atoms with E-state index in [2.05, 4.69) is 45.6 Å². The number of aryl methyl sites for hydroxylation is 1.